The van der Waals surface area contributed by atoms with E-state index in [-0.39, 0.29) is 0 Å². The van der Waals surface area contributed by atoms with E-state index in [1.165, 1.54) is 0 Å². The molecule has 0 atom stereocenters. The molecule has 0 saturated carbocycles. The predicted octanol–water partition coefficient (Wildman–Crippen LogP) is 2.35. The minimum Gasteiger partial charge on any atom is -0.378 e. The molecule has 0 fully saturated rings. The summed E-state index contributed by atoms with van der Waals surface area (Å²) in [5.74, 6) is -1.23. The number of hydrogen-bond acceptors (Lipinski definition) is 4. The summed E-state index contributed by atoms with van der Waals surface area (Å²) in [6.45, 7) is 1.72. The van der Waals surface area contributed by atoms with Crippen LogP contribution in [0.3, 0.4) is 0 Å². The van der Waals surface area contributed by atoms with E-state index in [4.69, 9.17) is 10.5 Å². The molecule has 120 valence electrons. The first kappa shape index (κ1) is 15.5. The lowest BCUT2D eigenvalue weighted by Crippen LogP contribution is -2.13. The quantitative estimate of drug-likeness (QED) is 0.709. The van der Waals surface area contributed by atoms with Crippen molar-refractivity contribution in [3.8, 4) is 11.4 Å². The molecule has 0 aliphatic carbocycles. The number of ether oxygens (including phenoxy) is 1. The molecule has 0 bridgehead atoms. The first-order valence-electron chi connectivity index (χ1n) is 7.24. The number of hydrogen-bond donors (Lipinski definition) is 1. The Morgan fingerprint density at radius 2 is 2.00 bits per heavy atom. The van der Waals surface area contributed by atoms with Crippen LogP contribution in [-0.2, 0) is 11.3 Å². The van der Waals surface area contributed by atoms with Gasteiger partial charge in [-0.3, -0.25) is 4.98 Å². The molecule has 5 nitrogen and oxygen atoms in total. The molecule has 2 aromatic heterocycles. The Kier molecular flexibility index (Phi) is 4.59. The Hall–Kier alpha value is -2.38. The smallest absolute Gasteiger partial charge is 0.161 e. The summed E-state index contributed by atoms with van der Waals surface area (Å²) in [7, 11) is 0. The van der Waals surface area contributed by atoms with Crippen molar-refractivity contribution in [2.75, 3.05) is 19.8 Å². The standard InChI is InChI=1S/C16H16F2N4O/c17-12-8-14-15(9-13(12)18)22(5-7-23-6-3-19)16(21-14)11-2-1-4-20-10-11/h1-2,4,8-10H,3,5-7,19H2. The number of fused-ring (bicyclic) bond motifs is 1. The third kappa shape index (κ3) is 3.20. The average molecular weight is 318 g/mol. The highest BCUT2D eigenvalue weighted by Gasteiger charge is 2.15. The zero-order valence-electron chi connectivity index (χ0n) is 12.4. The van der Waals surface area contributed by atoms with Crippen molar-refractivity contribution >= 4 is 11.0 Å². The van der Waals surface area contributed by atoms with Crippen LogP contribution in [0.2, 0.25) is 0 Å². The van der Waals surface area contributed by atoms with E-state index >= 15 is 0 Å². The second-order valence-electron chi connectivity index (χ2n) is 4.98. The average Bonchev–Trinajstić information content (AvgIpc) is 2.91. The molecule has 1 aromatic carbocycles. The van der Waals surface area contributed by atoms with E-state index in [1.54, 1.807) is 23.0 Å². The number of aromatic nitrogens is 3. The summed E-state index contributed by atoms with van der Waals surface area (Å²) >= 11 is 0. The lowest BCUT2D eigenvalue weighted by Gasteiger charge is -2.09. The van der Waals surface area contributed by atoms with Crippen LogP contribution < -0.4 is 5.73 Å². The van der Waals surface area contributed by atoms with E-state index in [0.717, 1.165) is 17.7 Å². The summed E-state index contributed by atoms with van der Waals surface area (Å²) in [6.07, 6.45) is 3.31. The minimum atomic E-state index is -0.917. The summed E-state index contributed by atoms with van der Waals surface area (Å²) in [4.78, 5) is 8.49. The van der Waals surface area contributed by atoms with Crippen LogP contribution in [0.25, 0.3) is 22.4 Å². The largest absolute Gasteiger partial charge is 0.378 e. The third-order valence-corrected chi connectivity index (χ3v) is 3.43. The van der Waals surface area contributed by atoms with Crippen molar-refractivity contribution in [1.82, 2.24) is 14.5 Å². The van der Waals surface area contributed by atoms with Crippen molar-refractivity contribution in [3.05, 3.63) is 48.3 Å². The Bertz CT molecular complexity index is 805. The van der Waals surface area contributed by atoms with Gasteiger partial charge in [-0.15, -0.1) is 0 Å². The first-order chi connectivity index (χ1) is 11.2. The molecule has 23 heavy (non-hydrogen) atoms. The summed E-state index contributed by atoms with van der Waals surface area (Å²) in [5, 5.41) is 0. The zero-order chi connectivity index (χ0) is 16.2. The molecule has 0 spiro atoms. The topological polar surface area (TPSA) is 66.0 Å². The van der Waals surface area contributed by atoms with Crippen LogP contribution in [0.1, 0.15) is 0 Å². The lowest BCUT2D eigenvalue weighted by molar-refractivity contribution is 0.134. The van der Waals surface area contributed by atoms with Crippen molar-refractivity contribution < 1.29 is 13.5 Å². The first-order valence-corrected chi connectivity index (χ1v) is 7.24. The Morgan fingerprint density at radius 3 is 2.74 bits per heavy atom. The number of rotatable bonds is 6. The van der Waals surface area contributed by atoms with Crippen LogP contribution >= 0.6 is 0 Å². The maximum Gasteiger partial charge on any atom is 0.161 e. The molecule has 2 N–H and O–H groups in total. The van der Waals surface area contributed by atoms with E-state index in [9.17, 15) is 8.78 Å². The van der Waals surface area contributed by atoms with Gasteiger partial charge in [0.2, 0.25) is 0 Å². The van der Waals surface area contributed by atoms with Gasteiger partial charge in [0, 0.05) is 43.2 Å². The molecule has 0 amide bonds. The Labute approximate surface area is 131 Å². The number of nitrogens with zero attached hydrogens (tertiary/aromatic N) is 3. The van der Waals surface area contributed by atoms with Crippen LogP contribution in [0.5, 0.6) is 0 Å². The number of halogens is 2. The number of pyridine rings is 1. The number of imidazole rings is 1. The Balaban J connectivity index is 2.06. The van der Waals surface area contributed by atoms with Crippen molar-refractivity contribution in [3.63, 3.8) is 0 Å². The molecule has 7 heteroatoms. The van der Waals surface area contributed by atoms with Gasteiger partial charge < -0.3 is 15.0 Å². The number of benzene rings is 1. The summed E-state index contributed by atoms with van der Waals surface area (Å²) in [5.41, 5.74) is 7.06. The van der Waals surface area contributed by atoms with Gasteiger partial charge in [0.15, 0.2) is 11.6 Å². The van der Waals surface area contributed by atoms with E-state index in [1.807, 2.05) is 6.07 Å². The summed E-state index contributed by atoms with van der Waals surface area (Å²) < 4.78 is 34.3. The fraction of sp³-hybridized carbons (Fsp3) is 0.250. The summed E-state index contributed by atoms with van der Waals surface area (Å²) in [6, 6.07) is 5.88. The van der Waals surface area contributed by atoms with Gasteiger partial charge in [0.25, 0.3) is 0 Å². The van der Waals surface area contributed by atoms with E-state index < -0.39 is 11.6 Å². The van der Waals surface area contributed by atoms with Gasteiger partial charge in [0.1, 0.15) is 5.82 Å². The third-order valence-electron chi connectivity index (χ3n) is 3.43. The second kappa shape index (κ2) is 6.80. The fourth-order valence-electron chi connectivity index (χ4n) is 2.40. The fourth-order valence-corrected chi connectivity index (χ4v) is 2.40. The highest BCUT2D eigenvalue weighted by molar-refractivity contribution is 5.80. The SMILES string of the molecule is NCCOCCn1c(-c2cccnc2)nc2cc(F)c(F)cc21. The highest BCUT2D eigenvalue weighted by Crippen LogP contribution is 2.26. The monoisotopic (exact) mass is 318 g/mol. The molecular weight excluding hydrogens is 302 g/mol. The molecule has 0 radical (unpaired) electrons. The lowest BCUT2D eigenvalue weighted by atomic mass is 10.2. The van der Waals surface area contributed by atoms with Gasteiger partial charge in [0.05, 0.1) is 24.2 Å². The molecule has 3 aromatic rings. The molecule has 3 rings (SSSR count). The highest BCUT2D eigenvalue weighted by atomic mass is 19.2. The van der Waals surface area contributed by atoms with Crippen LogP contribution in [-0.4, -0.2) is 34.3 Å². The maximum absolute atomic E-state index is 13.6. The van der Waals surface area contributed by atoms with Gasteiger partial charge in [-0.2, -0.15) is 0 Å². The van der Waals surface area contributed by atoms with Gasteiger partial charge in [-0.1, -0.05) is 0 Å². The van der Waals surface area contributed by atoms with Crippen molar-refractivity contribution in [2.45, 2.75) is 6.54 Å². The molecule has 0 unspecified atom stereocenters. The normalized spacial score (nSPS) is 11.3. The van der Waals surface area contributed by atoms with Gasteiger partial charge in [-0.05, 0) is 12.1 Å². The molecule has 0 saturated heterocycles. The van der Waals surface area contributed by atoms with E-state index in [2.05, 4.69) is 9.97 Å². The van der Waals surface area contributed by atoms with E-state index in [0.29, 0.717) is 43.2 Å². The van der Waals surface area contributed by atoms with Crippen molar-refractivity contribution in [2.24, 2.45) is 5.73 Å². The zero-order valence-corrected chi connectivity index (χ0v) is 12.4. The molecular formula is C16H16F2N4O. The van der Waals surface area contributed by atoms with Gasteiger partial charge in [-0.25, -0.2) is 13.8 Å². The second-order valence-corrected chi connectivity index (χ2v) is 4.98. The Morgan fingerprint density at radius 1 is 1.17 bits per heavy atom. The van der Waals surface area contributed by atoms with Crippen LogP contribution in [0.4, 0.5) is 8.78 Å². The van der Waals surface area contributed by atoms with Gasteiger partial charge >= 0.3 is 0 Å². The molecule has 0 aliphatic heterocycles. The minimum absolute atomic E-state index is 0.390. The van der Waals surface area contributed by atoms with Crippen LogP contribution in [0, 0.1) is 11.6 Å². The maximum atomic E-state index is 13.6. The number of nitrogens with two attached hydrogens (primary N) is 1. The van der Waals surface area contributed by atoms with Crippen molar-refractivity contribution in [1.29, 1.82) is 0 Å². The van der Waals surface area contributed by atoms with Crippen LogP contribution in [0.15, 0.2) is 36.7 Å². The predicted molar refractivity (Wildman–Crippen MR) is 82.8 cm³/mol. The molecule has 2 heterocycles. The molecule has 0 aliphatic rings.